The largest absolute Gasteiger partial charge is 0.391 e. The topological polar surface area (TPSA) is 61.3 Å². The lowest BCUT2D eigenvalue weighted by atomic mass is 9.95. The van der Waals surface area contributed by atoms with Crippen molar-refractivity contribution in [2.75, 3.05) is 29.9 Å². The van der Waals surface area contributed by atoms with Crippen molar-refractivity contribution in [1.29, 1.82) is 0 Å². The second-order valence-electron chi connectivity index (χ2n) is 6.85. The number of aliphatic hydroxyl groups excluding tert-OH is 1. The van der Waals surface area contributed by atoms with Crippen molar-refractivity contribution in [3.8, 4) is 0 Å². The number of piperidine rings is 1. The van der Waals surface area contributed by atoms with Crippen LogP contribution >= 0.6 is 0 Å². The fraction of sp³-hybridized carbons (Fsp3) is 0.750. The van der Waals surface area contributed by atoms with E-state index in [0.29, 0.717) is 6.54 Å². The summed E-state index contributed by atoms with van der Waals surface area (Å²) in [4.78, 5) is 11.5. The third kappa shape index (κ3) is 4.30. The molecule has 1 atom stereocenters. The summed E-state index contributed by atoms with van der Waals surface area (Å²) in [6.07, 6.45) is 2.70. The highest BCUT2D eigenvalue weighted by Gasteiger charge is 2.23. The minimum atomic E-state index is -0.251. The van der Waals surface area contributed by atoms with E-state index in [0.717, 1.165) is 49.8 Å². The molecule has 0 spiro atoms. The molecule has 1 aromatic heterocycles. The first-order valence-corrected chi connectivity index (χ1v) is 7.96. The Hall–Kier alpha value is -1.36. The molecule has 0 aromatic carbocycles. The molecule has 1 saturated heterocycles. The number of nitrogens with one attached hydrogen (secondary N) is 1. The number of hydrogen-bond donors (Lipinski definition) is 2. The van der Waals surface area contributed by atoms with Crippen molar-refractivity contribution in [3.63, 3.8) is 0 Å². The van der Waals surface area contributed by atoms with Crippen LogP contribution in [0, 0.1) is 0 Å². The molecule has 0 radical (unpaired) electrons. The molecule has 2 rings (SSSR count). The molecular weight excluding hydrogens is 264 g/mol. The highest BCUT2D eigenvalue weighted by molar-refractivity contribution is 5.50. The fourth-order valence-electron chi connectivity index (χ4n) is 2.44. The van der Waals surface area contributed by atoms with Crippen molar-refractivity contribution >= 4 is 11.6 Å². The standard InChI is InChI=1S/C16H28N4O/c1-5-8-17-13-10-14(19-15(18-13)16(2,3)4)20-9-6-7-12(21)11-20/h10,12,21H,5-9,11H2,1-4H3,(H,17,18,19). The Kier molecular flexibility index (Phi) is 5.04. The van der Waals surface area contributed by atoms with Gasteiger partial charge in [-0.1, -0.05) is 27.7 Å². The van der Waals surface area contributed by atoms with Gasteiger partial charge in [0.25, 0.3) is 0 Å². The lowest BCUT2D eigenvalue weighted by Gasteiger charge is -2.32. The van der Waals surface area contributed by atoms with Gasteiger partial charge in [0, 0.05) is 31.1 Å². The first-order valence-electron chi connectivity index (χ1n) is 7.96. The Morgan fingerprint density at radius 3 is 2.76 bits per heavy atom. The Morgan fingerprint density at radius 2 is 2.14 bits per heavy atom. The number of anilines is 2. The maximum absolute atomic E-state index is 9.88. The van der Waals surface area contributed by atoms with Crippen molar-refractivity contribution in [2.45, 2.75) is 58.5 Å². The van der Waals surface area contributed by atoms with Crippen molar-refractivity contribution in [1.82, 2.24) is 9.97 Å². The maximum atomic E-state index is 9.88. The lowest BCUT2D eigenvalue weighted by Crippen LogP contribution is -2.39. The Morgan fingerprint density at radius 1 is 1.38 bits per heavy atom. The van der Waals surface area contributed by atoms with Gasteiger partial charge in [-0.25, -0.2) is 9.97 Å². The molecule has 0 aliphatic carbocycles. The molecule has 1 aliphatic heterocycles. The minimum absolute atomic E-state index is 0.0902. The second kappa shape index (κ2) is 6.60. The normalized spacial score (nSPS) is 19.7. The summed E-state index contributed by atoms with van der Waals surface area (Å²) < 4.78 is 0. The van der Waals surface area contributed by atoms with E-state index in [4.69, 9.17) is 4.98 Å². The van der Waals surface area contributed by atoms with E-state index in [1.807, 2.05) is 6.07 Å². The SMILES string of the molecule is CCCNc1cc(N2CCCC(O)C2)nc(C(C)(C)C)n1. The molecule has 1 fully saturated rings. The molecule has 21 heavy (non-hydrogen) atoms. The average Bonchev–Trinajstić information content (AvgIpc) is 2.44. The number of hydrogen-bond acceptors (Lipinski definition) is 5. The van der Waals surface area contributed by atoms with Crippen LogP contribution in [-0.4, -0.2) is 40.8 Å². The number of rotatable bonds is 4. The van der Waals surface area contributed by atoms with Crippen LogP contribution in [0.4, 0.5) is 11.6 Å². The van der Waals surface area contributed by atoms with Gasteiger partial charge < -0.3 is 15.3 Å². The van der Waals surface area contributed by atoms with Crippen LogP contribution in [0.3, 0.4) is 0 Å². The molecule has 5 nitrogen and oxygen atoms in total. The molecule has 118 valence electrons. The molecule has 0 bridgehead atoms. The van der Waals surface area contributed by atoms with Crippen molar-refractivity contribution < 1.29 is 5.11 Å². The number of aromatic nitrogens is 2. The van der Waals surface area contributed by atoms with E-state index >= 15 is 0 Å². The van der Waals surface area contributed by atoms with Gasteiger partial charge in [0.05, 0.1) is 6.10 Å². The first kappa shape index (κ1) is 16.0. The van der Waals surface area contributed by atoms with Crippen LogP contribution in [0.5, 0.6) is 0 Å². The lowest BCUT2D eigenvalue weighted by molar-refractivity contribution is 0.154. The zero-order chi connectivity index (χ0) is 15.5. The smallest absolute Gasteiger partial charge is 0.138 e. The molecule has 5 heteroatoms. The molecule has 2 heterocycles. The van der Waals surface area contributed by atoms with E-state index in [2.05, 4.69) is 42.9 Å². The number of aliphatic hydroxyl groups is 1. The highest BCUT2D eigenvalue weighted by Crippen LogP contribution is 2.25. The second-order valence-corrected chi connectivity index (χ2v) is 6.85. The van der Waals surface area contributed by atoms with E-state index in [1.165, 1.54) is 0 Å². The summed E-state index contributed by atoms with van der Waals surface area (Å²) in [6.45, 7) is 11.0. The van der Waals surface area contributed by atoms with Crippen molar-refractivity contribution in [3.05, 3.63) is 11.9 Å². The predicted octanol–water partition coefficient (Wildman–Crippen LogP) is 2.56. The van der Waals surface area contributed by atoms with E-state index in [1.54, 1.807) is 0 Å². The molecule has 1 unspecified atom stereocenters. The maximum Gasteiger partial charge on any atom is 0.138 e. The summed E-state index contributed by atoms with van der Waals surface area (Å²) in [7, 11) is 0. The van der Waals surface area contributed by atoms with Crippen LogP contribution in [0.1, 0.15) is 52.8 Å². The molecular formula is C16H28N4O. The van der Waals surface area contributed by atoms with Crippen molar-refractivity contribution in [2.24, 2.45) is 0 Å². The summed E-state index contributed by atoms with van der Waals surface area (Å²) in [6, 6.07) is 2.00. The number of β-amino-alcohol motifs (C(OH)–C–C–N with tert-alkyl or cyclic N) is 1. The van der Waals surface area contributed by atoms with Gasteiger partial charge >= 0.3 is 0 Å². The van der Waals surface area contributed by atoms with Gasteiger partial charge in [-0.15, -0.1) is 0 Å². The predicted molar refractivity (Wildman–Crippen MR) is 87.0 cm³/mol. The summed E-state index contributed by atoms with van der Waals surface area (Å²) in [5.41, 5.74) is -0.0902. The average molecular weight is 292 g/mol. The summed E-state index contributed by atoms with van der Waals surface area (Å²) in [5, 5.41) is 13.2. The Bertz CT molecular complexity index is 470. The van der Waals surface area contributed by atoms with Crippen LogP contribution < -0.4 is 10.2 Å². The van der Waals surface area contributed by atoms with Crippen LogP contribution in [-0.2, 0) is 5.41 Å². The van der Waals surface area contributed by atoms with Crippen LogP contribution in [0.15, 0.2) is 6.07 Å². The van der Waals surface area contributed by atoms with E-state index < -0.39 is 0 Å². The Labute approximate surface area is 127 Å². The molecule has 0 saturated carbocycles. The fourth-order valence-corrected chi connectivity index (χ4v) is 2.44. The van der Waals surface area contributed by atoms with Gasteiger partial charge in [0.15, 0.2) is 0 Å². The highest BCUT2D eigenvalue weighted by atomic mass is 16.3. The van der Waals surface area contributed by atoms with E-state index in [9.17, 15) is 5.11 Å². The van der Waals surface area contributed by atoms with Gasteiger partial charge in [-0.05, 0) is 19.3 Å². The number of nitrogens with zero attached hydrogens (tertiary/aromatic N) is 3. The quantitative estimate of drug-likeness (QED) is 0.893. The first-order chi connectivity index (χ1) is 9.90. The van der Waals surface area contributed by atoms with Gasteiger partial charge in [-0.2, -0.15) is 0 Å². The zero-order valence-electron chi connectivity index (χ0n) is 13.7. The molecule has 1 aromatic rings. The molecule has 0 amide bonds. The monoisotopic (exact) mass is 292 g/mol. The van der Waals surface area contributed by atoms with Gasteiger partial charge in [-0.3, -0.25) is 0 Å². The zero-order valence-corrected chi connectivity index (χ0v) is 13.7. The molecule has 2 N–H and O–H groups in total. The van der Waals surface area contributed by atoms with Gasteiger partial charge in [0.1, 0.15) is 17.5 Å². The summed E-state index contributed by atoms with van der Waals surface area (Å²) >= 11 is 0. The van der Waals surface area contributed by atoms with Gasteiger partial charge in [0.2, 0.25) is 0 Å². The van der Waals surface area contributed by atoms with Crippen LogP contribution in [0.25, 0.3) is 0 Å². The third-order valence-electron chi connectivity index (χ3n) is 3.66. The van der Waals surface area contributed by atoms with E-state index in [-0.39, 0.29) is 11.5 Å². The van der Waals surface area contributed by atoms with Crippen LogP contribution in [0.2, 0.25) is 0 Å². The Balaban J connectivity index is 2.30. The third-order valence-corrected chi connectivity index (χ3v) is 3.66. The molecule has 1 aliphatic rings. The summed E-state index contributed by atoms with van der Waals surface area (Å²) in [5.74, 6) is 2.65. The minimum Gasteiger partial charge on any atom is -0.391 e.